The molecule has 0 aliphatic heterocycles. The Labute approximate surface area is 137 Å². The predicted molar refractivity (Wildman–Crippen MR) is 95.1 cm³/mol. The van der Waals surface area contributed by atoms with Crippen LogP contribution in [0.2, 0.25) is 0 Å². The number of methoxy groups -OCH3 is 1. The van der Waals surface area contributed by atoms with Crippen LogP contribution in [-0.4, -0.2) is 24.2 Å². The molecule has 2 aromatic rings. The summed E-state index contributed by atoms with van der Waals surface area (Å²) in [6.45, 7) is 2.85. The molecule has 1 N–H and O–H groups in total. The Bertz CT molecular complexity index is 598. The third-order valence-corrected chi connectivity index (χ3v) is 4.22. The number of hydrogen-bond acceptors (Lipinski definition) is 2. The lowest BCUT2D eigenvalue weighted by atomic mass is 10.1. The number of thiocarbonyl (C=S) groups is 1. The third kappa shape index (κ3) is 4.21. The lowest BCUT2D eigenvalue weighted by molar-refractivity contribution is 0.395. The van der Waals surface area contributed by atoms with E-state index in [-0.39, 0.29) is 6.04 Å². The highest BCUT2D eigenvalue weighted by Gasteiger charge is 2.13. The average molecular weight is 314 g/mol. The standard InChI is InChI=1S/C18H22N2OS/c1-14(16-7-5-4-6-8-16)20(2)18(22)19-13-15-9-11-17(21-3)12-10-15/h4-12,14H,13H2,1-3H3,(H,19,22)/t14-/m1/s1. The molecule has 22 heavy (non-hydrogen) atoms. The SMILES string of the molecule is COc1ccc(CNC(=S)N(C)[C@H](C)c2ccccc2)cc1. The van der Waals surface area contributed by atoms with Gasteiger partial charge in [0, 0.05) is 13.6 Å². The van der Waals surface area contributed by atoms with Gasteiger partial charge in [0.2, 0.25) is 0 Å². The number of nitrogens with one attached hydrogen (secondary N) is 1. The zero-order chi connectivity index (χ0) is 15.9. The summed E-state index contributed by atoms with van der Waals surface area (Å²) in [6.07, 6.45) is 0. The fraction of sp³-hybridized carbons (Fsp3) is 0.278. The largest absolute Gasteiger partial charge is 0.497 e. The molecule has 0 bridgehead atoms. The Morgan fingerprint density at radius 1 is 1.14 bits per heavy atom. The summed E-state index contributed by atoms with van der Waals surface area (Å²) >= 11 is 5.49. The van der Waals surface area contributed by atoms with Crippen molar-refractivity contribution in [1.29, 1.82) is 0 Å². The molecule has 0 amide bonds. The molecular weight excluding hydrogens is 292 g/mol. The topological polar surface area (TPSA) is 24.5 Å². The van der Waals surface area contributed by atoms with E-state index in [0.717, 1.165) is 10.9 Å². The Hall–Kier alpha value is -2.07. The molecule has 0 unspecified atom stereocenters. The van der Waals surface area contributed by atoms with E-state index in [0.29, 0.717) is 6.54 Å². The first-order valence-electron chi connectivity index (χ1n) is 7.30. The maximum Gasteiger partial charge on any atom is 0.169 e. The molecular formula is C18H22N2OS. The normalized spacial score (nSPS) is 11.6. The van der Waals surface area contributed by atoms with Crippen LogP contribution >= 0.6 is 12.2 Å². The Balaban J connectivity index is 1.90. The van der Waals surface area contributed by atoms with Gasteiger partial charge in [-0.1, -0.05) is 42.5 Å². The summed E-state index contributed by atoms with van der Waals surface area (Å²) in [7, 11) is 3.68. The number of nitrogens with zero attached hydrogens (tertiary/aromatic N) is 1. The first kappa shape index (κ1) is 16.3. The van der Waals surface area contributed by atoms with Crippen LogP contribution in [0.15, 0.2) is 54.6 Å². The fourth-order valence-electron chi connectivity index (χ4n) is 2.18. The number of ether oxygens (including phenoxy) is 1. The van der Waals surface area contributed by atoms with Crippen molar-refractivity contribution < 1.29 is 4.74 Å². The van der Waals surface area contributed by atoms with Crippen molar-refractivity contribution >= 4 is 17.3 Å². The second-order valence-electron chi connectivity index (χ2n) is 5.20. The van der Waals surface area contributed by atoms with Gasteiger partial charge in [-0.15, -0.1) is 0 Å². The lowest BCUT2D eigenvalue weighted by Crippen LogP contribution is -2.38. The minimum atomic E-state index is 0.233. The van der Waals surface area contributed by atoms with E-state index < -0.39 is 0 Å². The van der Waals surface area contributed by atoms with Crippen LogP contribution in [0.4, 0.5) is 0 Å². The summed E-state index contributed by atoms with van der Waals surface area (Å²) in [5, 5.41) is 4.05. The highest BCUT2D eigenvalue weighted by molar-refractivity contribution is 7.80. The summed E-state index contributed by atoms with van der Waals surface area (Å²) < 4.78 is 5.16. The van der Waals surface area contributed by atoms with E-state index in [1.165, 1.54) is 11.1 Å². The molecule has 2 rings (SSSR count). The zero-order valence-electron chi connectivity index (χ0n) is 13.2. The summed E-state index contributed by atoms with van der Waals surface area (Å²) in [5.41, 5.74) is 2.42. The Morgan fingerprint density at radius 2 is 1.77 bits per heavy atom. The van der Waals surface area contributed by atoms with Crippen LogP contribution < -0.4 is 10.1 Å². The molecule has 0 fully saturated rings. The molecule has 0 radical (unpaired) electrons. The maximum absolute atomic E-state index is 5.49. The molecule has 3 nitrogen and oxygen atoms in total. The highest BCUT2D eigenvalue weighted by Crippen LogP contribution is 2.18. The van der Waals surface area contributed by atoms with Crippen molar-refractivity contribution in [2.45, 2.75) is 19.5 Å². The zero-order valence-corrected chi connectivity index (χ0v) is 14.1. The summed E-state index contributed by atoms with van der Waals surface area (Å²) in [5.74, 6) is 0.862. The molecule has 0 aromatic heterocycles. The van der Waals surface area contributed by atoms with Gasteiger partial charge in [-0.25, -0.2) is 0 Å². The molecule has 0 aliphatic carbocycles. The van der Waals surface area contributed by atoms with Crippen molar-refractivity contribution in [2.24, 2.45) is 0 Å². The lowest BCUT2D eigenvalue weighted by Gasteiger charge is -2.28. The first-order chi connectivity index (χ1) is 10.6. The fourth-order valence-corrected chi connectivity index (χ4v) is 2.41. The maximum atomic E-state index is 5.49. The van der Waals surface area contributed by atoms with Crippen molar-refractivity contribution in [2.75, 3.05) is 14.2 Å². The minimum Gasteiger partial charge on any atom is -0.497 e. The first-order valence-corrected chi connectivity index (χ1v) is 7.71. The Kier molecular flexibility index (Phi) is 5.78. The van der Waals surface area contributed by atoms with Gasteiger partial charge < -0.3 is 15.0 Å². The van der Waals surface area contributed by atoms with Crippen LogP contribution in [0.1, 0.15) is 24.1 Å². The number of rotatable bonds is 5. The van der Waals surface area contributed by atoms with Crippen LogP contribution in [-0.2, 0) is 6.54 Å². The number of hydrogen-bond donors (Lipinski definition) is 1. The van der Waals surface area contributed by atoms with Crippen molar-refractivity contribution in [3.63, 3.8) is 0 Å². The molecule has 4 heteroatoms. The van der Waals surface area contributed by atoms with Gasteiger partial charge in [-0.3, -0.25) is 0 Å². The molecule has 0 saturated carbocycles. The van der Waals surface area contributed by atoms with E-state index in [4.69, 9.17) is 17.0 Å². The van der Waals surface area contributed by atoms with E-state index in [1.54, 1.807) is 7.11 Å². The molecule has 2 aromatic carbocycles. The van der Waals surface area contributed by atoms with Crippen LogP contribution in [0, 0.1) is 0 Å². The van der Waals surface area contributed by atoms with Gasteiger partial charge in [0.1, 0.15) is 5.75 Å². The molecule has 0 aliphatic rings. The van der Waals surface area contributed by atoms with Gasteiger partial charge >= 0.3 is 0 Å². The van der Waals surface area contributed by atoms with Crippen LogP contribution in [0.5, 0.6) is 5.75 Å². The van der Waals surface area contributed by atoms with Crippen LogP contribution in [0.25, 0.3) is 0 Å². The molecule has 0 spiro atoms. The van der Waals surface area contributed by atoms with Crippen molar-refractivity contribution in [1.82, 2.24) is 10.2 Å². The minimum absolute atomic E-state index is 0.233. The quantitative estimate of drug-likeness (QED) is 0.849. The van der Waals surface area contributed by atoms with E-state index in [2.05, 4.69) is 29.3 Å². The molecule has 1 atom stereocenters. The van der Waals surface area contributed by atoms with Crippen molar-refractivity contribution in [3.8, 4) is 5.75 Å². The van der Waals surface area contributed by atoms with Gasteiger partial charge in [-0.2, -0.15) is 0 Å². The highest BCUT2D eigenvalue weighted by atomic mass is 32.1. The van der Waals surface area contributed by atoms with E-state index in [9.17, 15) is 0 Å². The van der Waals surface area contributed by atoms with Gasteiger partial charge in [-0.05, 0) is 42.4 Å². The van der Waals surface area contributed by atoms with Gasteiger partial charge in [0.25, 0.3) is 0 Å². The van der Waals surface area contributed by atoms with Gasteiger partial charge in [0.15, 0.2) is 5.11 Å². The summed E-state index contributed by atoms with van der Waals surface area (Å²) in [4.78, 5) is 2.08. The second kappa shape index (κ2) is 7.80. The van der Waals surface area contributed by atoms with E-state index in [1.807, 2.05) is 49.5 Å². The third-order valence-electron chi connectivity index (χ3n) is 3.79. The smallest absolute Gasteiger partial charge is 0.169 e. The molecule has 0 saturated heterocycles. The molecule has 0 heterocycles. The van der Waals surface area contributed by atoms with Gasteiger partial charge in [0.05, 0.1) is 13.2 Å². The average Bonchev–Trinajstić information content (AvgIpc) is 2.59. The monoisotopic (exact) mass is 314 g/mol. The predicted octanol–water partition coefficient (Wildman–Crippen LogP) is 3.76. The Morgan fingerprint density at radius 3 is 2.36 bits per heavy atom. The van der Waals surface area contributed by atoms with E-state index >= 15 is 0 Å². The second-order valence-corrected chi connectivity index (χ2v) is 5.59. The van der Waals surface area contributed by atoms with Crippen LogP contribution in [0.3, 0.4) is 0 Å². The number of benzene rings is 2. The van der Waals surface area contributed by atoms with Crippen molar-refractivity contribution in [3.05, 3.63) is 65.7 Å². The molecule has 116 valence electrons. The summed E-state index contributed by atoms with van der Waals surface area (Å²) in [6, 6.07) is 18.6.